The molecule has 0 aliphatic heterocycles. The molecule has 0 heterocycles. The van der Waals surface area contributed by atoms with E-state index < -0.39 is 11.6 Å². The Morgan fingerprint density at radius 1 is 1.33 bits per heavy atom. The zero-order chi connectivity index (χ0) is 11.3. The molecule has 0 spiro atoms. The van der Waals surface area contributed by atoms with Crippen molar-refractivity contribution in [3.8, 4) is 0 Å². The summed E-state index contributed by atoms with van der Waals surface area (Å²) in [6.45, 7) is 4.76. The van der Waals surface area contributed by atoms with Gasteiger partial charge in [-0.1, -0.05) is 6.07 Å². The van der Waals surface area contributed by atoms with E-state index in [0.29, 0.717) is 13.2 Å². The Morgan fingerprint density at radius 3 is 2.73 bits per heavy atom. The first-order chi connectivity index (χ1) is 7.11. The normalized spacial score (nSPS) is 10.7. The molecule has 15 heavy (non-hydrogen) atoms. The van der Waals surface area contributed by atoms with E-state index in [1.165, 1.54) is 12.1 Å². The number of rotatable bonds is 5. The van der Waals surface area contributed by atoms with Crippen molar-refractivity contribution in [3.05, 3.63) is 29.8 Å². The number of ether oxygens (including phenoxy) is 1. The van der Waals surface area contributed by atoms with Crippen LogP contribution >= 0.6 is 0 Å². The molecular formula is C11H15F2NO. The van der Waals surface area contributed by atoms with Crippen molar-refractivity contribution in [1.29, 1.82) is 0 Å². The number of nitrogens with one attached hydrogen (secondary N) is 1. The van der Waals surface area contributed by atoms with Crippen LogP contribution in [-0.2, 0) is 4.74 Å². The van der Waals surface area contributed by atoms with Gasteiger partial charge in [-0.15, -0.1) is 0 Å². The van der Waals surface area contributed by atoms with E-state index >= 15 is 0 Å². The molecule has 1 aromatic rings. The molecule has 0 fully saturated rings. The lowest BCUT2D eigenvalue weighted by molar-refractivity contribution is 0.0870. The molecule has 0 bridgehead atoms. The van der Waals surface area contributed by atoms with Crippen LogP contribution in [-0.4, -0.2) is 19.3 Å². The Morgan fingerprint density at radius 2 is 2.07 bits per heavy atom. The van der Waals surface area contributed by atoms with Crippen molar-refractivity contribution in [2.75, 3.05) is 18.5 Å². The fourth-order valence-corrected chi connectivity index (χ4v) is 1.12. The van der Waals surface area contributed by atoms with E-state index in [4.69, 9.17) is 4.74 Å². The second-order valence-corrected chi connectivity index (χ2v) is 3.45. The Kier molecular flexibility index (Phi) is 4.49. The van der Waals surface area contributed by atoms with Crippen molar-refractivity contribution in [2.24, 2.45) is 0 Å². The van der Waals surface area contributed by atoms with Gasteiger partial charge < -0.3 is 10.1 Å². The van der Waals surface area contributed by atoms with Crippen molar-refractivity contribution in [3.63, 3.8) is 0 Å². The minimum atomic E-state index is -0.845. The zero-order valence-corrected chi connectivity index (χ0v) is 8.89. The Labute approximate surface area is 88.3 Å². The molecule has 0 atom stereocenters. The summed E-state index contributed by atoms with van der Waals surface area (Å²) in [6, 6.07) is 4.04. The molecule has 1 rings (SSSR count). The van der Waals surface area contributed by atoms with Crippen molar-refractivity contribution in [1.82, 2.24) is 0 Å². The summed E-state index contributed by atoms with van der Waals surface area (Å²) in [4.78, 5) is 0. The topological polar surface area (TPSA) is 21.3 Å². The maximum atomic E-state index is 13.1. The van der Waals surface area contributed by atoms with Gasteiger partial charge >= 0.3 is 0 Å². The van der Waals surface area contributed by atoms with Gasteiger partial charge in [0.15, 0.2) is 11.6 Å². The fraction of sp³-hybridized carbons (Fsp3) is 0.455. The summed E-state index contributed by atoms with van der Waals surface area (Å²) in [5.41, 5.74) is 0.169. The van der Waals surface area contributed by atoms with Gasteiger partial charge in [0.25, 0.3) is 0 Å². The Balaban J connectivity index is 2.41. The van der Waals surface area contributed by atoms with Crippen LogP contribution in [0.1, 0.15) is 13.8 Å². The molecule has 0 aromatic heterocycles. The summed E-state index contributed by atoms with van der Waals surface area (Å²) >= 11 is 0. The largest absolute Gasteiger partial charge is 0.380 e. The monoisotopic (exact) mass is 215 g/mol. The van der Waals surface area contributed by atoms with Crippen LogP contribution in [0.15, 0.2) is 18.2 Å². The predicted molar refractivity (Wildman–Crippen MR) is 55.9 cm³/mol. The van der Waals surface area contributed by atoms with Crippen LogP contribution in [0.2, 0.25) is 0 Å². The molecule has 0 radical (unpaired) electrons. The summed E-state index contributed by atoms with van der Waals surface area (Å²) in [6.07, 6.45) is 0.143. The van der Waals surface area contributed by atoms with Crippen LogP contribution < -0.4 is 5.32 Å². The van der Waals surface area contributed by atoms with Crippen LogP contribution in [0.4, 0.5) is 14.5 Å². The maximum Gasteiger partial charge on any atom is 0.181 e. The summed E-state index contributed by atoms with van der Waals surface area (Å²) < 4.78 is 31.1. The summed E-state index contributed by atoms with van der Waals surface area (Å²) in [5, 5.41) is 2.77. The minimum absolute atomic E-state index is 0.143. The molecule has 4 heteroatoms. The van der Waals surface area contributed by atoms with Gasteiger partial charge in [-0.25, -0.2) is 8.78 Å². The predicted octanol–water partition coefficient (Wildman–Crippen LogP) is 2.80. The van der Waals surface area contributed by atoms with E-state index in [0.717, 1.165) is 6.07 Å². The van der Waals surface area contributed by atoms with Gasteiger partial charge in [0.05, 0.1) is 18.4 Å². The molecule has 0 aliphatic carbocycles. The van der Waals surface area contributed by atoms with E-state index in [-0.39, 0.29) is 11.8 Å². The van der Waals surface area contributed by atoms with Gasteiger partial charge in [-0.05, 0) is 26.0 Å². The number of halogens is 2. The molecular weight excluding hydrogens is 200 g/mol. The highest BCUT2D eigenvalue weighted by Gasteiger charge is 2.06. The van der Waals surface area contributed by atoms with E-state index in [1.807, 2.05) is 13.8 Å². The van der Waals surface area contributed by atoms with Crippen LogP contribution in [0, 0.1) is 11.6 Å². The Hall–Kier alpha value is -1.16. The van der Waals surface area contributed by atoms with Gasteiger partial charge in [0.2, 0.25) is 0 Å². The lowest BCUT2D eigenvalue weighted by Gasteiger charge is -2.10. The number of anilines is 1. The Bertz CT molecular complexity index is 315. The highest BCUT2D eigenvalue weighted by molar-refractivity contribution is 5.44. The van der Waals surface area contributed by atoms with Crippen LogP contribution in [0.3, 0.4) is 0 Å². The smallest absolute Gasteiger partial charge is 0.181 e. The third kappa shape index (κ3) is 3.83. The van der Waals surface area contributed by atoms with Crippen LogP contribution in [0.25, 0.3) is 0 Å². The maximum absolute atomic E-state index is 13.1. The van der Waals surface area contributed by atoms with E-state index in [2.05, 4.69) is 5.32 Å². The molecule has 1 N–H and O–H groups in total. The first-order valence-electron chi connectivity index (χ1n) is 4.90. The summed E-state index contributed by atoms with van der Waals surface area (Å²) in [5.74, 6) is -1.69. The number of hydrogen-bond acceptors (Lipinski definition) is 2. The molecule has 0 saturated heterocycles. The zero-order valence-electron chi connectivity index (χ0n) is 8.89. The van der Waals surface area contributed by atoms with E-state index in [1.54, 1.807) is 0 Å². The van der Waals surface area contributed by atoms with Crippen LogP contribution in [0.5, 0.6) is 0 Å². The SMILES string of the molecule is CC(C)OCCNc1cccc(F)c1F. The minimum Gasteiger partial charge on any atom is -0.380 e. The first-order valence-corrected chi connectivity index (χ1v) is 4.90. The average Bonchev–Trinajstić information content (AvgIpc) is 2.18. The van der Waals surface area contributed by atoms with Crippen molar-refractivity contribution in [2.45, 2.75) is 20.0 Å². The molecule has 84 valence electrons. The first kappa shape index (κ1) is 11.9. The van der Waals surface area contributed by atoms with Crippen molar-refractivity contribution < 1.29 is 13.5 Å². The molecule has 0 saturated carbocycles. The molecule has 1 aromatic carbocycles. The van der Waals surface area contributed by atoms with Gasteiger partial charge in [-0.3, -0.25) is 0 Å². The van der Waals surface area contributed by atoms with E-state index in [9.17, 15) is 8.78 Å². The second-order valence-electron chi connectivity index (χ2n) is 3.45. The highest BCUT2D eigenvalue weighted by Crippen LogP contribution is 2.15. The quantitative estimate of drug-likeness (QED) is 0.762. The highest BCUT2D eigenvalue weighted by atomic mass is 19.2. The number of hydrogen-bond donors (Lipinski definition) is 1. The molecule has 0 amide bonds. The molecule has 0 unspecified atom stereocenters. The lowest BCUT2D eigenvalue weighted by Crippen LogP contribution is -2.14. The lowest BCUT2D eigenvalue weighted by atomic mass is 10.3. The third-order valence-electron chi connectivity index (χ3n) is 1.82. The summed E-state index contributed by atoms with van der Waals surface area (Å²) in [7, 11) is 0. The average molecular weight is 215 g/mol. The standard InChI is InChI=1S/C11H15F2NO/c1-8(2)15-7-6-14-10-5-3-4-9(12)11(10)13/h3-5,8,14H,6-7H2,1-2H3. The van der Waals surface area contributed by atoms with Gasteiger partial charge in [0, 0.05) is 6.54 Å². The third-order valence-corrected chi connectivity index (χ3v) is 1.82. The number of benzene rings is 1. The van der Waals surface area contributed by atoms with Gasteiger partial charge in [0.1, 0.15) is 0 Å². The van der Waals surface area contributed by atoms with Gasteiger partial charge in [-0.2, -0.15) is 0 Å². The molecule has 0 aliphatic rings. The van der Waals surface area contributed by atoms with Crippen molar-refractivity contribution >= 4 is 5.69 Å². The fourth-order valence-electron chi connectivity index (χ4n) is 1.12. The second kappa shape index (κ2) is 5.66. The molecule has 2 nitrogen and oxygen atoms in total.